The molecule has 33 heavy (non-hydrogen) atoms. The number of aryl methyl sites for hydroxylation is 2. The molecule has 0 radical (unpaired) electrons. The largest absolute Gasteiger partial charge is 0.478 e. The van der Waals surface area contributed by atoms with Crippen LogP contribution in [0.1, 0.15) is 60.9 Å². The van der Waals surface area contributed by atoms with Crippen molar-refractivity contribution in [3.63, 3.8) is 0 Å². The zero-order valence-corrected chi connectivity index (χ0v) is 18.9. The Morgan fingerprint density at radius 3 is 2.58 bits per heavy atom. The molecule has 0 unspecified atom stereocenters. The number of aromatic nitrogens is 1. The summed E-state index contributed by atoms with van der Waals surface area (Å²) >= 11 is 1.53. The van der Waals surface area contributed by atoms with Crippen LogP contribution in [0, 0.1) is 24.0 Å². The number of carboxylic acids is 1. The molecule has 0 atom stereocenters. The second kappa shape index (κ2) is 8.99. The molecule has 0 aliphatic heterocycles. The number of fused-ring (bicyclic) bond motifs is 1. The van der Waals surface area contributed by atoms with Crippen molar-refractivity contribution in [2.24, 2.45) is 5.10 Å². The van der Waals surface area contributed by atoms with E-state index in [1.54, 1.807) is 0 Å². The number of nitrogens with one attached hydrogen (secondary N) is 1. The molecule has 0 bridgehead atoms. The Hall–Kier alpha value is -3.79. The number of thiophene rings is 1. The van der Waals surface area contributed by atoms with Crippen LogP contribution in [0.25, 0.3) is 5.00 Å². The van der Waals surface area contributed by atoms with E-state index in [0.29, 0.717) is 10.6 Å². The van der Waals surface area contributed by atoms with Crippen LogP contribution in [0.15, 0.2) is 35.4 Å². The SMILES string of the molecule is Cc1cc(C=NNC(=O)c2ccc([N+](=O)[O-])cc2)c(C)n1-c1sc2c(c1C(=O)O)CCCC2. The number of amides is 1. The maximum Gasteiger partial charge on any atom is 0.339 e. The van der Waals surface area contributed by atoms with Crippen molar-refractivity contribution in [3.8, 4) is 5.00 Å². The highest BCUT2D eigenvalue weighted by atomic mass is 32.1. The Balaban J connectivity index is 1.58. The number of nitro benzene ring substituents is 1. The molecule has 3 aromatic rings. The second-order valence-electron chi connectivity index (χ2n) is 7.86. The molecule has 0 saturated heterocycles. The first-order valence-corrected chi connectivity index (χ1v) is 11.2. The minimum Gasteiger partial charge on any atom is -0.478 e. The van der Waals surface area contributed by atoms with Gasteiger partial charge in [0, 0.05) is 39.5 Å². The molecule has 0 saturated carbocycles. The highest BCUT2D eigenvalue weighted by molar-refractivity contribution is 7.15. The van der Waals surface area contributed by atoms with Crippen molar-refractivity contribution < 1.29 is 19.6 Å². The van der Waals surface area contributed by atoms with E-state index in [0.717, 1.165) is 53.1 Å². The zero-order chi connectivity index (χ0) is 23.7. The number of non-ortho nitro benzene ring substituents is 1. The van der Waals surface area contributed by atoms with E-state index in [9.17, 15) is 24.8 Å². The molecule has 4 rings (SSSR count). The first-order chi connectivity index (χ1) is 15.8. The summed E-state index contributed by atoms with van der Waals surface area (Å²) in [5.74, 6) is -1.41. The quantitative estimate of drug-likeness (QED) is 0.316. The van der Waals surface area contributed by atoms with Gasteiger partial charge in [-0.3, -0.25) is 14.9 Å². The Morgan fingerprint density at radius 1 is 1.21 bits per heavy atom. The molecule has 2 N–H and O–H groups in total. The summed E-state index contributed by atoms with van der Waals surface area (Å²) in [5.41, 5.74) is 6.35. The van der Waals surface area contributed by atoms with E-state index in [-0.39, 0.29) is 11.3 Å². The number of benzene rings is 1. The monoisotopic (exact) mass is 466 g/mol. The lowest BCUT2D eigenvalue weighted by Gasteiger charge is -2.11. The van der Waals surface area contributed by atoms with Crippen LogP contribution < -0.4 is 5.43 Å². The summed E-state index contributed by atoms with van der Waals surface area (Å²) in [7, 11) is 0. The number of nitrogens with zero attached hydrogens (tertiary/aromatic N) is 3. The van der Waals surface area contributed by atoms with Gasteiger partial charge in [-0.1, -0.05) is 0 Å². The fourth-order valence-corrected chi connectivity index (χ4v) is 5.61. The lowest BCUT2D eigenvalue weighted by Crippen LogP contribution is -2.17. The van der Waals surface area contributed by atoms with Crippen molar-refractivity contribution >= 4 is 35.1 Å². The summed E-state index contributed by atoms with van der Waals surface area (Å²) in [6, 6.07) is 7.13. The predicted octanol–water partition coefficient (Wildman–Crippen LogP) is 4.40. The van der Waals surface area contributed by atoms with Crippen molar-refractivity contribution in [1.82, 2.24) is 9.99 Å². The highest BCUT2D eigenvalue weighted by Gasteiger charge is 2.27. The molecular formula is C23H22N4O5S. The molecule has 1 aromatic carbocycles. The highest BCUT2D eigenvalue weighted by Crippen LogP contribution is 2.38. The smallest absolute Gasteiger partial charge is 0.339 e. The third kappa shape index (κ3) is 4.29. The molecule has 0 spiro atoms. The molecule has 1 amide bonds. The fraction of sp³-hybridized carbons (Fsp3) is 0.261. The van der Waals surface area contributed by atoms with Crippen LogP contribution in [-0.4, -0.2) is 32.7 Å². The average Bonchev–Trinajstić information content (AvgIpc) is 3.30. The topological polar surface area (TPSA) is 127 Å². The first-order valence-electron chi connectivity index (χ1n) is 10.4. The van der Waals surface area contributed by atoms with Gasteiger partial charge < -0.3 is 9.67 Å². The van der Waals surface area contributed by atoms with Crippen LogP contribution in [0.4, 0.5) is 5.69 Å². The predicted molar refractivity (Wildman–Crippen MR) is 125 cm³/mol. The number of carboxylic acid groups (broad SMARTS) is 1. The Kier molecular flexibility index (Phi) is 6.10. The summed E-state index contributed by atoms with van der Waals surface area (Å²) in [5, 5.41) is 25.4. The molecule has 0 fully saturated rings. The molecule has 2 aromatic heterocycles. The van der Waals surface area contributed by atoms with Crippen LogP contribution >= 0.6 is 11.3 Å². The van der Waals surface area contributed by atoms with Crippen LogP contribution in [0.3, 0.4) is 0 Å². The maximum atomic E-state index is 12.3. The number of hydrogen-bond acceptors (Lipinski definition) is 6. The Bertz CT molecular complexity index is 1290. The molecule has 170 valence electrons. The summed E-state index contributed by atoms with van der Waals surface area (Å²) < 4.78 is 1.94. The molecule has 1 aliphatic carbocycles. The number of rotatable bonds is 6. The van der Waals surface area contributed by atoms with Crippen molar-refractivity contribution in [3.05, 3.63) is 79.0 Å². The molecule has 10 heteroatoms. The van der Waals surface area contributed by atoms with Gasteiger partial charge in [0.1, 0.15) is 5.00 Å². The Labute approximate surface area is 193 Å². The van der Waals surface area contributed by atoms with Gasteiger partial charge in [0.2, 0.25) is 0 Å². The van der Waals surface area contributed by atoms with Gasteiger partial charge in [0.15, 0.2) is 0 Å². The van der Waals surface area contributed by atoms with Gasteiger partial charge in [-0.2, -0.15) is 5.10 Å². The zero-order valence-electron chi connectivity index (χ0n) is 18.1. The Morgan fingerprint density at radius 2 is 1.91 bits per heavy atom. The number of hydrazone groups is 1. The normalized spacial score (nSPS) is 13.2. The minimum atomic E-state index is -0.914. The van der Waals surface area contributed by atoms with E-state index in [1.165, 1.54) is 41.8 Å². The summed E-state index contributed by atoms with van der Waals surface area (Å²) in [4.78, 5) is 35.7. The number of carbonyl (C=O) groups excluding carboxylic acids is 1. The van der Waals surface area contributed by atoms with Gasteiger partial charge in [-0.25, -0.2) is 10.2 Å². The third-order valence-corrected chi connectivity index (χ3v) is 7.03. The molecule has 1 aliphatic rings. The molecular weight excluding hydrogens is 444 g/mol. The van der Waals surface area contributed by atoms with Crippen LogP contribution in [0.2, 0.25) is 0 Å². The third-order valence-electron chi connectivity index (χ3n) is 5.75. The lowest BCUT2D eigenvalue weighted by molar-refractivity contribution is -0.384. The second-order valence-corrected chi connectivity index (χ2v) is 8.94. The van der Waals surface area contributed by atoms with E-state index < -0.39 is 16.8 Å². The lowest BCUT2D eigenvalue weighted by atomic mass is 9.95. The van der Waals surface area contributed by atoms with E-state index in [2.05, 4.69) is 10.5 Å². The van der Waals surface area contributed by atoms with Gasteiger partial charge in [0.05, 0.1) is 16.7 Å². The summed E-state index contributed by atoms with van der Waals surface area (Å²) in [6.07, 6.45) is 5.27. The summed E-state index contributed by atoms with van der Waals surface area (Å²) in [6.45, 7) is 3.79. The van der Waals surface area contributed by atoms with Crippen molar-refractivity contribution in [1.29, 1.82) is 0 Å². The molecule has 2 heterocycles. The van der Waals surface area contributed by atoms with E-state index in [4.69, 9.17) is 0 Å². The van der Waals surface area contributed by atoms with Gasteiger partial charge in [-0.05, 0) is 63.3 Å². The average molecular weight is 467 g/mol. The molecule has 9 nitrogen and oxygen atoms in total. The standard InChI is InChI=1S/C23H22N4O5S/c1-13-11-16(12-24-25-21(28)15-7-9-17(10-8-15)27(31)32)14(2)26(13)22-20(23(29)30)18-5-3-4-6-19(18)33-22/h7-12H,3-6H2,1-2H3,(H,25,28)(H,29,30). The van der Waals surface area contributed by atoms with Crippen LogP contribution in [-0.2, 0) is 12.8 Å². The van der Waals surface area contributed by atoms with Crippen LogP contribution in [0.5, 0.6) is 0 Å². The van der Waals surface area contributed by atoms with Crippen molar-refractivity contribution in [2.75, 3.05) is 0 Å². The van der Waals surface area contributed by atoms with E-state index in [1.807, 2.05) is 24.5 Å². The first kappa shape index (κ1) is 22.4. The van der Waals surface area contributed by atoms with Gasteiger partial charge in [-0.15, -0.1) is 11.3 Å². The fourth-order valence-electron chi connectivity index (χ4n) is 4.12. The maximum absolute atomic E-state index is 12.3. The van der Waals surface area contributed by atoms with Crippen molar-refractivity contribution in [2.45, 2.75) is 39.5 Å². The van der Waals surface area contributed by atoms with Gasteiger partial charge >= 0.3 is 5.97 Å². The minimum absolute atomic E-state index is 0.0986. The van der Waals surface area contributed by atoms with E-state index >= 15 is 0 Å². The van der Waals surface area contributed by atoms with Gasteiger partial charge in [0.25, 0.3) is 11.6 Å². The number of aromatic carboxylic acids is 1. The number of hydrogen-bond donors (Lipinski definition) is 2. The number of nitro groups is 1. The number of carbonyl (C=O) groups is 2.